The smallest absolute Gasteiger partial charge is 0.227 e. The van der Waals surface area contributed by atoms with Gasteiger partial charge >= 0.3 is 0 Å². The lowest BCUT2D eigenvalue weighted by Crippen LogP contribution is -2.49. The van der Waals surface area contributed by atoms with Crippen molar-refractivity contribution >= 4 is 17.5 Å². The fourth-order valence-corrected chi connectivity index (χ4v) is 3.39. The van der Waals surface area contributed by atoms with Gasteiger partial charge in [-0.25, -0.2) is 0 Å². The molecule has 0 aliphatic carbocycles. The number of amides is 1. The number of rotatable bonds is 4. The average Bonchev–Trinajstić information content (AvgIpc) is 2.64. The third-order valence-corrected chi connectivity index (χ3v) is 5.02. The standard InChI is InChI=1S/C20H23ClN2O2/c1-22-11-12-23(20(24)13-15-7-9-16(21)10-8-15)14-18(22)17-5-3-4-6-19(17)25-2/h3-10,18H,11-14H2,1-2H3. The second kappa shape index (κ2) is 7.89. The minimum atomic E-state index is 0.138. The Bertz CT molecular complexity index is 733. The number of hydrogen-bond acceptors (Lipinski definition) is 3. The number of piperazine rings is 1. The molecule has 25 heavy (non-hydrogen) atoms. The van der Waals surface area contributed by atoms with Gasteiger partial charge in [0.15, 0.2) is 0 Å². The minimum Gasteiger partial charge on any atom is -0.496 e. The second-order valence-corrected chi connectivity index (χ2v) is 6.82. The molecule has 1 aliphatic rings. The zero-order valence-corrected chi connectivity index (χ0v) is 15.4. The first-order chi connectivity index (χ1) is 12.1. The van der Waals surface area contributed by atoms with E-state index in [1.165, 1.54) is 0 Å². The van der Waals surface area contributed by atoms with Gasteiger partial charge in [-0.15, -0.1) is 0 Å². The highest BCUT2D eigenvalue weighted by molar-refractivity contribution is 6.30. The molecule has 5 heteroatoms. The molecule has 0 saturated carbocycles. The van der Waals surface area contributed by atoms with Crippen molar-refractivity contribution in [2.45, 2.75) is 12.5 Å². The lowest BCUT2D eigenvalue weighted by molar-refractivity contribution is -0.133. The monoisotopic (exact) mass is 358 g/mol. The summed E-state index contributed by atoms with van der Waals surface area (Å²) in [7, 11) is 3.78. The molecule has 1 heterocycles. The maximum Gasteiger partial charge on any atom is 0.227 e. The Labute approximate surface area is 154 Å². The predicted molar refractivity (Wildman–Crippen MR) is 100 cm³/mol. The Morgan fingerprint density at radius 2 is 1.88 bits per heavy atom. The molecular formula is C20H23ClN2O2. The molecular weight excluding hydrogens is 336 g/mol. The van der Waals surface area contributed by atoms with E-state index in [1.54, 1.807) is 7.11 Å². The van der Waals surface area contributed by atoms with Gasteiger partial charge in [0.05, 0.1) is 19.6 Å². The van der Waals surface area contributed by atoms with Crippen LogP contribution in [0.2, 0.25) is 5.02 Å². The summed E-state index contributed by atoms with van der Waals surface area (Å²) in [6.45, 7) is 2.26. The van der Waals surface area contributed by atoms with Gasteiger partial charge in [0.25, 0.3) is 0 Å². The number of hydrogen-bond donors (Lipinski definition) is 0. The van der Waals surface area contributed by atoms with Crippen molar-refractivity contribution in [2.75, 3.05) is 33.8 Å². The molecule has 1 amide bonds. The van der Waals surface area contributed by atoms with Crippen molar-refractivity contribution in [1.29, 1.82) is 0 Å². The van der Waals surface area contributed by atoms with Crippen LogP contribution in [-0.2, 0) is 11.2 Å². The maximum atomic E-state index is 12.7. The zero-order chi connectivity index (χ0) is 17.8. The van der Waals surface area contributed by atoms with Crippen LogP contribution in [0.4, 0.5) is 0 Å². The molecule has 0 radical (unpaired) electrons. The summed E-state index contributed by atoms with van der Waals surface area (Å²) < 4.78 is 5.51. The third kappa shape index (κ3) is 4.14. The topological polar surface area (TPSA) is 32.8 Å². The number of carbonyl (C=O) groups is 1. The molecule has 0 bridgehead atoms. The minimum absolute atomic E-state index is 0.138. The first-order valence-electron chi connectivity index (χ1n) is 8.44. The quantitative estimate of drug-likeness (QED) is 0.839. The Morgan fingerprint density at radius 1 is 1.16 bits per heavy atom. The average molecular weight is 359 g/mol. The number of methoxy groups -OCH3 is 1. The summed E-state index contributed by atoms with van der Waals surface area (Å²) >= 11 is 5.92. The van der Waals surface area contributed by atoms with Crippen molar-refractivity contribution in [1.82, 2.24) is 9.80 Å². The van der Waals surface area contributed by atoms with Crippen LogP contribution in [0.3, 0.4) is 0 Å². The van der Waals surface area contributed by atoms with E-state index in [9.17, 15) is 4.79 Å². The van der Waals surface area contributed by atoms with Crippen molar-refractivity contribution in [3.05, 3.63) is 64.7 Å². The van der Waals surface area contributed by atoms with Crippen molar-refractivity contribution in [3.8, 4) is 5.75 Å². The van der Waals surface area contributed by atoms with Gasteiger partial charge in [-0.05, 0) is 30.8 Å². The van der Waals surface area contributed by atoms with E-state index < -0.39 is 0 Å². The number of nitrogens with zero attached hydrogens (tertiary/aromatic N) is 2. The molecule has 1 fully saturated rings. The Hall–Kier alpha value is -2.04. The Balaban J connectivity index is 1.73. The summed E-state index contributed by atoms with van der Waals surface area (Å²) in [5.74, 6) is 1.02. The summed E-state index contributed by atoms with van der Waals surface area (Å²) in [6.07, 6.45) is 0.402. The van der Waals surface area contributed by atoms with Crippen molar-refractivity contribution < 1.29 is 9.53 Å². The van der Waals surface area contributed by atoms with Crippen LogP contribution in [0.25, 0.3) is 0 Å². The Morgan fingerprint density at radius 3 is 2.60 bits per heavy atom. The number of likely N-dealkylation sites (N-methyl/N-ethyl adjacent to an activating group) is 1. The predicted octanol–water partition coefficient (Wildman–Crippen LogP) is 3.41. The van der Waals surface area contributed by atoms with E-state index in [1.807, 2.05) is 47.4 Å². The van der Waals surface area contributed by atoms with E-state index >= 15 is 0 Å². The number of halogens is 1. The van der Waals surface area contributed by atoms with Gasteiger partial charge in [-0.1, -0.05) is 41.9 Å². The fourth-order valence-electron chi connectivity index (χ4n) is 3.27. The highest BCUT2D eigenvalue weighted by atomic mass is 35.5. The number of para-hydroxylation sites is 1. The number of carbonyl (C=O) groups excluding carboxylic acids is 1. The first kappa shape index (κ1) is 17.8. The molecule has 0 aromatic heterocycles. The first-order valence-corrected chi connectivity index (χ1v) is 8.81. The van der Waals surface area contributed by atoms with Crippen LogP contribution >= 0.6 is 11.6 Å². The van der Waals surface area contributed by atoms with E-state index in [2.05, 4.69) is 18.0 Å². The largest absolute Gasteiger partial charge is 0.496 e. The number of ether oxygens (including phenoxy) is 1. The molecule has 1 saturated heterocycles. The van der Waals surface area contributed by atoms with Gasteiger partial charge < -0.3 is 9.64 Å². The highest BCUT2D eigenvalue weighted by Crippen LogP contribution is 2.31. The third-order valence-electron chi connectivity index (χ3n) is 4.77. The van der Waals surface area contributed by atoms with Crippen LogP contribution in [-0.4, -0.2) is 49.5 Å². The normalized spacial score (nSPS) is 18.2. The molecule has 132 valence electrons. The fraction of sp³-hybridized carbons (Fsp3) is 0.350. The SMILES string of the molecule is COc1ccccc1C1CN(C(=O)Cc2ccc(Cl)cc2)CCN1C. The van der Waals surface area contributed by atoms with Crippen LogP contribution in [0.1, 0.15) is 17.2 Å². The van der Waals surface area contributed by atoms with Gasteiger partial charge in [0.1, 0.15) is 5.75 Å². The molecule has 3 rings (SSSR count). The zero-order valence-electron chi connectivity index (χ0n) is 14.6. The van der Waals surface area contributed by atoms with E-state index in [-0.39, 0.29) is 11.9 Å². The molecule has 1 atom stereocenters. The van der Waals surface area contributed by atoms with Crippen LogP contribution in [0.5, 0.6) is 5.75 Å². The van der Waals surface area contributed by atoms with Gasteiger partial charge in [-0.3, -0.25) is 9.69 Å². The summed E-state index contributed by atoms with van der Waals surface area (Å²) in [5, 5.41) is 0.687. The molecule has 2 aromatic rings. The lowest BCUT2D eigenvalue weighted by Gasteiger charge is -2.40. The molecule has 4 nitrogen and oxygen atoms in total. The van der Waals surface area contributed by atoms with E-state index in [4.69, 9.17) is 16.3 Å². The molecule has 2 aromatic carbocycles. The van der Waals surface area contributed by atoms with E-state index in [0.29, 0.717) is 18.0 Å². The maximum absolute atomic E-state index is 12.7. The lowest BCUT2D eigenvalue weighted by atomic mass is 10.0. The van der Waals surface area contributed by atoms with Crippen LogP contribution in [0.15, 0.2) is 48.5 Å². The molecule has 1 aliphatic heterocycles. The van der Waals surface area contributed by atoms with Crippen molar-refractivity contribution in [3.63, 3.8) is 0 Å². The van der Waals surface area contributed by atoms with Crippen LogP contribution < -0.4 is 4.74 Å². The molecule has 0 N–H and O–H groups in total. The van der Waals surface area contributed by atoms with Gasteiger partial charge in [-0.2, -0.15) is 0 Å². The van der Waals surface area contributed by atoms with Crippen molar-refractivity contribution in [2.24, 2.45) is 0 Å². The van der Waals surface area contributed by atoms with Gasteiger partial charge in [0, 0.05) is 30.2 Å². The number of benzene rings is 2. The van der Waals surface area contributed by atoms with E-state index in [0.717, 1.165) is 30.0 Å². The van der Waals surface area contributed by atoms with Gasteiger partial charge in [0.2, 0.25) is 5.91 Å². The summed E-state index contributed by atoms with van der Waals surface area (Å²) in [6, 6.07) is 15.6. The summed E-state index contributed by atoms with van der Waals surface area (Å²) in [5.41, 5.74) is 2.11. The molecule has 1 unspecified atom stereocenters. The summed E-state index contributed by atoms with van der Waals surface area (Å²) in [4.78, 5) is 17.0. The Kier molecular flexibility index (Phi) is 5.61. The second-order valence-electron chi connectivity index (χ2n) is 6.38. The highest BCUT2D eigenvalue weighted by Gasteiger charge is 2.30. The molecule has 0 spiro atoms. The van der Waals surface area contributed by atoms with Crippen LogP contribution in [0, 0.1) is 0 Å².